The van der Waals surface area contributed by atoms with Gasteiger partial charge in [0.15, 0.2) is 23.1 Å². The van der Waals surface area contributed by atoms with Gasteiger partial charge in [-0.3, -0.25) is 19.2 Å². The van der Waals surface area contributed by atoms with E-state index in [2.05, 4.69) is 0 Å². The number of nitrogen functional groups attached to an aromatic ring is 2. The molecule has 0 saturated carbocycles. The Labute approximate surface area is 194 Å². The van der Waals surface area contributed by atoms with Crippen LogP contribution in [-0.2, 0) is 0 Å². The standard InChI is InChI=1S/C28H18N2O4/c29-20-14-19-22(23(24(20)30)26(32)16-10-5-2-6-11-16)28(34)21-17(12-7-13-18(21)27(19)33)25(31)15-8-3-1-4-9-15/h1-14H,29-30H2. The Morgan fingerprint density at radius 1 is 0.588 bits per heavy atom. The Hall–Kier alpha value is -4.84. The smallest absolute Gasteiger partial charge is 0.196 e. The molecule has 5 rings (SSSR count). The first-order valence-corrected chi connectivity index (χ1v) is 10.5. The Morgan fingerprint density at radius 3 is 1.79 bits per heavy atom. The minimum atomic E-state index is -0.615. The van der Waals surface area contributed by atoms with E-state index in [0.717, 1.165) is 0 Å². The lowest BCUT2D eigenvalue weighted by Crippen LogP contribution is -2.28. The lowest BCUT2D eigenvalue weighted by Gasteiger charge is -2.23. The fraction of sp³-hybridized carbons (Fsp3) is 0. The van der Waals surface area contributed by atoms with E-state index < -0.39 is 23.1 Å². The molecule has 34 heavy (non-hydrogen) atoms. The third-order valence-electron chi connectivity index (χ3n) is 5.95. The summed E-state index contributed by atoms with van der Waals surface area (Å²) in [6.45, 7) is 0. The second kappa shape index (κ2) is 7.94. The molecular formula is C28H18N2O4. The molecule has 6 heteroatoms. The van der Waals surface area contributed by atoms with Crippen LogP contribution >= 0.6 is 0 Å². The highest BCUT2D eigenvalue weighted by atomic mass is 16.1. The van der Waals surface area contributed by atoms with E-state index in [4.69, 9.17) is 11.5 Å². The Bertz CT molecular complexity index is 1520. The highest BCUT2D eigenvalue weighted by Crippen LogP contribution is 2.38. The summed E-state index contributed by atoms with van der Waals surface area (Å²) in [5.41, 5.74) is 12.7. The molecule has 0 aromatic heterocycles. The Kier molecular flexibility index (Phi) is 4.91. The molecule has 4 aromatic carbocycles. The van der Waals surface area contributed by atoms with Crippen molar-refractivity contribution in [2.24, 2.45) is 0 Å². The van der Waals surface area contributed by atoms with Gasteiger partial charge in [0.25, 0.3) is 0 Å². The van der Waals surface area contributed by atoms with E-state index in [1.165, 1.54) is 18.2 Å². The predicted octanol–water partition coefficient (Wildman–Crippen LogP) is 4.09. The van der Waals surface area contributed by atoms with Gasteiger partial charge in [0.2, 0.25) is 0 Å². The number of hydrogen-bond acceptors (Lipinski definition) is 6. The van der Waals surface area contributed by atoms with Crippen molar-refractivity contribution in [3.63, 3.8) is 0 Å². The first-order valence-electron chi connectivity index (χ1n) is 10.5. The zero-order chi connectivity index (χ0) is 24.0. The first-order chi connectivity index (χ1) is 16.4. The zero-order valence-corrected chi connectivity index (χ0v) is 17.9. The van der Waals surface area contributed by atoms with Gasteiger partial charge in [0, 0.05) is 38.9 Å². The lowest BCUT2D eigenvalue weighted by atomic mass is 9.77. The maximum absolute atomic E-state index is 13.9. The summed E-state index contributed by atoms with van der Waals surface area (Å²) in [5, 5.41) is 0. The van der Waals surface area contributed by atoms with Crippen molar-refractivity contribution in [3.05, 3.63) is 129 Å². The molecule has 4 N–H and O–H groups in total. The topological polar surface area (TPSA) is 120 Å². The number of nitrogens with two attached hydrogens (primary N) is 2. The number of carbonyl (C=O) groups is 4. The molecule has 1 aliphatic rings. The second-order valence-electron chi connectivity index (χ2n) is 7.95. The number of rotatable bonds is 4. The number of anilines is 2. The van der Waals surface area contributed by atoms with Crippen molar-refractivity contribution in [1.29, 1.82) is 0 Å². The van der Waals surface area contributed by atoms with Crippen LogP contribution in [0.15, 0.2) is 84.9 Å². The summed E-state index contributed by atoms with van der Waals surface area (Å²) in [5.74, 6) is -2.05. The number of hydrogen-bond donors (Lipinski definition) is 2. The molecule has 0 amide bonds. The van der Waals surface area contributed by atoms with E-state index in [0.29, 0.717) is 11.1 Å². The number of carbonyl (C=O) groups excluding carboxylic acids is 4. The summed E-state index contributed by atoms with van der Waals surface area (Å²) in [4.78, 5) is 54.0. The van der Waals surface area contributed by atoms with Gasteiger partial charge in [-0.25, -0.2) is 0 Å². The number of ketones is 4. The molecule has 164 valence electrons. The molecular weight excluding hydrogens is 428 g/mol. The summed E-state index contributed by atoms with van der Waals surface area (Å²) >= 11 is 0. The Morgan fingerprint density at radius 2 is 1.18 bits per heavy atom. The van der Waals surface area contributed by atoms with Crippen molar-refractivity contribution >= 4 is 34.5 Å². The summed E-state index contributed by atoms with van der Waals surface area (Å²) < 4.78 is 0. The van der Waals surface area contributed by atoms with Crippen LogP contribution in [-0.4, -0.2) is 23.1 Å². The fourth-order valence-electron chi connectivity index (χ4n) is 4.29. The van der Waals surface area contributed by atoms with Crippen LogP contribution in [0.2, 0.25) is 0 Å². The average molecular weight is 446 g/mol. The van der Waals surface area contributed by atoms with Crippen molar-refractivity contribution in [1.82, 2.24) is 0 Å². The van der Waals surface area contributed by atoms with Gasteiger partial charge in [-0.15, -0.1) is 0 Å². The van der Waals surface area contributed by atoms with E-state index in [-0.39, 0.29) is 44.8 Å². The molecule has 0 bridgehead atoms. The molecule has 0 heterocycles. The van der Waals surface area contributed by atoms with Crippen LogP contribution in [0, 0.1) is 0 Å². The molecule has 0 spiro atoms. The van der Waals surface area contributed by atoms with E-state index >= 15 is 0 Å². The number of fused-ring (bicyclic) bond motifs is 2. The summed E-state index contributed by atoms with van der Waals surface area (Å²) in [7, 11) is 0. The van der Waals surface area contributed by atoms with Crippen LogP contribution in [0.3, 0.4) is 0 Å². The van der Waals surface area contributed by atoms with Crippen LogP contribution in [0.1, 0.15) is 63.7 Å². The highest BCUT2D eigenvalue weighted by molar-refractivity contribution is 6.35. The molecule has 0 atom stereocenters. The molecule has 0 saturated heterocycles. The predicted molar refractivity (Wildman–Crippen MR) is 128 cm³/mol. The maximum Gasteiger partial charge on any atom is 0.196 e. The van der Waals surface area contributed by atoms with Gasteiger partial charge < -0.3 is 11.5 Å². The van der Waals surface area contributed by atoms with Crippen molar-refractivity contribution in [3.8, 4) is 0 Å². The van der Waals surface area contributed by atoms with Gasteiger partial charge in [0.05, 0.1) is 16.9 Å². The highest BCUT2D eigenvalue weighted by Gasteiger charge is 2.38. The largest absolute Gasteiger partial charge is 0.397 e. The van der Waals surface area contributed by atoms with Gasteiger partial charge in [-0.05, 0) is 6.07 Å². The molecule has 1 aliphatic carbocycles. The zero-order valence-electron chi connectivity index (χ0n) is 17.9. The minimum absolute atomic E-state index is 0.00667. The third-order valence-corrected chi connectivity index (χ3v) is 5.95. The van der Waals surface area contributed by atoms with E-state index in [9.17, 15) is 19.2 Å². The van der Waals surface area contributed by atoms with Crippen LogP contribution in [0.4, 0.5) is 11.4 Å². The van der Waals surface area contributed by atoms with Gasteiger partial charge in [0.1, 0.15) is 0 Å². The SMILES string of the molecule is Nc1cc2c(c(C(=O)c3ccccc3)c1N)C(=O)c1c(C(=O)c3ccccc3)cccc1C2=O. The summed E-state index contributed by atoms with van der Waals surface area (Å²) in [6.07, 6.45) is 0. The normalized spacial score (nSPS) is 12.1. The van der Waals surface area contributed by atoms with Crippen molar-refractivity contribution in [2.75, 3.05) is 11.5 Å². The van der Waals surface area contributed by atoms with Crippen LogP contribution in [0.25, 0.3) is 0 Å². The first kappa shape index (κ1) is 21.0. The van der Waals surface area contributed by atoms with Crippen LogP contribution in [0.5, 0.6) is 0 Å². The summed E-state index contributed by atoms with van der Waals surface area (Å²) in [6, 6.07) is 22.6. The molecule has 6 nitrogen and oxygen atoms in total. The van der Waals surface area contributed by atoms with Crippen LogP contribution < -0.4 is 11.5 Å². The minimum Gasteiger partial charge on any atom is -0.397 e. The molecule has 0 unspecified atom stereocenters. The lowest BCUT2D eigenvalue weighted by molar-refractivity contribution is 0.0965. The molecule has 4 aromatic rings. The maximum atomic E-state index is 13.9. The monoisotopic (exact) mass is 446 g/mol. The van der Waals surface area contributed by atoms with Gasteiger partial charge >= 0.3 is 0 Å². The molecule has 0 radical (unpaired) electrons. The average Bonchev–Trinajstić information content (AvgIpc) is 2.88. The molecule has 0 aliphatic heterocycles. The van der Waals surface area contributed by atoms with E-state index in [1.54, 1.807) is 66.7 Å². The van der Waals surface area contributed by atoms with Gasteiger partial charge in [-0.1, -0.05) is 78.9 Å². The Balaban J connectivity index is 1.76. The third kappa shape index (κ3) is 3.12. The van der Waals surface area contributed by atoms with Crippen molar-refractivity contribution < 1.29 is 19.2 Å². The second-order valence-corrected chi connectivity index (χ2v) is 7.95. The fourth-order valence-corrected chi connectivity index (χ4v) is 4.29. The number of benzene rings is 4. The van der Waals surface area contributed by atoms with Crippen molar-refractivity contribution in [2.45, 2.75) is 0 Å². The molecule has 0 fully saturated rings. The quantitative estimate of drug-likeness (QED) is 0.317. The van der Waals surface area contributed by atoms with Gasteiger partial charge in [-0.2, -0.15) is 0 Å². The van der Waals surface area contributed by atoms with E-state index in [1.807, 2.05) is 0 Å².